The van der Waals surface area contributed by atoms with Crippen molar-refractivity contribution in [2.45, 2.75) is 38.6 Å². The molecular formula is C19H28N4O2. The summed E-state index contributed by atoms with van der Waals surface area (Å²) < 4.78 is 0. The zero-order valence-electron chi connectivity index (χ0n) is 15.0. The van der Waals surface area contributed by atoms with Crippen molar-refractivity contribution in [1.29, 1.82) is 0 Å². The van der Waals surface area contributed by atoms with Crippen LogP contribution >= 0.6 is 0 Å². The minimum Gasteiger partial charge on any atom is -0.339 e. The molecule has 25 heavy (non-hydrogen) atoms. The van der Waals surface area contributed by atoms with Crippen LogP contribution in [-0.2, 0) is 0 Å². The fourth-order valence-corrected chi connectivity index (χ4v) is 3.73. The van der Waals surface area contributed by atoms with Crippen molar-refractivity contribution in [3.8, 4) is 0 Å². The molecular weight excluding hydrogens is 316 g/mol. The average molecular weight is 344 g/mol. The van der Waals surface area contributed by atoms with Crippen LogP contribution in [0, 0.1) is 0 Å². The molecule has 2 fully saturated rings. The topological polar surface area (TPSA) is 64.7 Å². The maximum atomic E-state index is 12.3. The SMILES string of the molecule is CCN1CCC[C@H]1CNC(=O)Nc1ccc(C(=O)N2CCCC2)cc1. The van der Waals surface area contributed by atoms with Crippen LogP contribution in [-0.4, -0.2) is 60.5 Å². The molecule has 136 valence electrons. The monoisotopic (exact) mass is 344 g/mol. The lowest BCUT2D eigenvalue weighted by atomic mass is 10.2. The van der Waals surface area contributed by atoms with Gasteiger partial charge in [0, 0.05) is 36.9 Å². The molecule has 0 unspecified atom stereocenters. The van der Waals surface area contributed by atoms with Crippen LogP contribution < -0.4 is 10.6 Å². The number of carbonyl (C=O) groups is 2. The Morgan fingerprint density at radius 2 is 1.80 bits per heavy atom. The molecule has 3 amide bonds. The van der Waals surface area contributed by atoms with Gasteiger partial charge >= 0.3 is 6.03 Å². The first-order valence-corrected chi connectivity index (χ1v) is 9.35. The Morgan fingerprint density at radius 3 is 2.48 bits per heavy atom. The Labute approximate surface area is 149 Å². The van der Waals surface area contributed by atoms with Crippen molar-refractivity contribution in [2.24, 2.45) is 0 Å². The molecule has 0 saturated carbocycles. The first kappa shape index (κ1) is 17.7. The Balaban J connectivity index is 1.47. The number of rotatable bonds is 5. The van der Waals surface area contributed by atoms with Gasteiger partial charge in [-0.15, -0.1) is 0 Å². The van der Waals surface area contributed by atoms with E-state index < -0.39 is 0 Å². The van der Waals surface area contributed by atoms with Crippen molar-refractivity contribution in [2.75, 3.05) is 38.0 Å². The van der Waals surface area contributed by atoms with Gasteiger partial charge in [-0.1, -0.05) is 6.92 Å². The maximum absolute atomic E-state index is 12.3. The highest BCUT2D eigenvalue weighted by Gasteiger charge is 2.23. The predicted octanol–water partition coefficient (Wildman–Crippen LogP) is 2.53. The van der Waals surface area contributed by atoms with Crippen molar-refractivity contribution in [1.82, 2.24) is 15.1 Å². The molecule has 2 aliphatic heterocycles. The molecule has 2 saturated heterocycles. The highest BCUT2D eigenvalue weighted by atomic mass is 16.2. The number of benzene rings is 1. The van der Waals surface area contributed by atoms with Gasteiger partial charge in [0.15, 0.2) is 0 Å². The molecule has 1 aromatic carbocycles. The predicted molar refractivity (Wildman–Crippen MR) is 98.9 cm³/mol. The molecule has 2 N–H and O–H groups in total. The number of hydrogen-bond acceptors (Lipinski definition) is 3. The summed E-state index contributed by atoms with van der Waals surface area (Å²) in [6.07, 6.45) is 4.51. The molecule has 0 radical (unpaired) electrons. The summed E-state index contributed by atoms with van der Waals surface area (Å²) in [5.41, 5.74) is 1.38. The zero-order chi connectivity index (χ0) is 17.6. The van der Waals surface area contributed by atoms with E-state index in [0.29, 0.717) is 23.8 Å². The van der Waals surface area contributed by atoms with Crippen LogP contribution in [0.25, 0.3) is 0 Å². The summed E-state index contributed by atoms with van der Waals surface area (Å²) in [6, 6.07) is 7.39. The summed E-state index contributed by atoms with van der Waals surface area (Å²) in [6.45, 7) is 6.67. The Morgan fingerprint density at radius 1 is 1.08 bits per heavy atom. The maximum Gasteiger partial charge on any atom is 0.319 e. The van der Waals surface area contributed by atoms with Gasteiger partial charge in [0.1, 0.15) is 0 Å². The fourth-order valence-electron chi connectivity index (χ4n) is 3.73. The van der Waals surface area contributed by atoms with E-state index in [2.05, 4.69) is 22.5 Å². The van der Waals surface area contributed by atoms with E-state index in [4.69, 9.17) is 0 Å². The molecule has 0 aliphatic carbocycles. The van der Waals surface area contributed by atoms with Crippen molar-refractivity contribution >= 4 is 17.6 Å². The van der Waals surface area contributed by atoms with E-state index in [1.54, 1.807) is 24.3 Å². The second-order valence-electron chi connectivity index (χ2n) is 6.84. The highest BCUT2D eigenvalue weighted by molar-refractivity contribution is 5.95. The summed E-state index contributed by atoms with van der Waals surface area (Å²) in [5.74, 6) is 0.0781. The third kappa shape index (κ3) is 4.51. The molecule has 0 bridgehead atoms. The molecule has 1 aromatic rings. The molecule has 3 rings (SSSR count). The molecule has 6 nitrogen and oxygen atoms in total. The van der Waals surface area contributed by atoms with E-state index in [1.165, 1.54) is 6.42 Å². The van der Waals surface area contributed by atoms with Crippen LogP contribution in [0.4, 0.5) is 10.5 Å². The molecule has 2 heterocycles. The largest absolute Gasteiger partial charge is 0.339 e. The van der Waals surface area contributed by atoms with Gasteiger partial charge in [-0.05, 0) is 63.0 Å². The van der Waals surface area contributed by atoms with Gasteiger partial charge in [0.2, 0.25) is 0 Å². The lowest BCUT2D eigenvalue weighted by molar-refractivity contribution is 0.0793. The number of carbonyl (C=O) groups excluding carboxylic acids is 2. The zero-order valence-corrected chi connectivity index (χ0v) is 15.0. The van der Waals surface area contributed by atoms with Crippen LogP contribution in [0.3, 0.4) is 0 Å². The summed E-state index contributed by atoms with van der Waals surface area (Å²) >= 11 is 0. The number of urea groups is 1. The lowest BCUT2D eigenvalue weighted by Crippen LogP contribution is -2.41. The smallest absolute Gasteiger partial charge is 0.319 e. The average Bonchev–Trinajstić information content (AvgIpc) is 3.31. The fraction of sp³-hybridized carbons (Fsp3) is 0.579. The highest BCUT2D eigenvalue weighted by Crippen LogP contribution is 2.17. The number of hydrogen-bond donors (Lipinski definition) is 2. The van der Waals surface area contributed by atoms with Crippen molar-refractivity contribution in [3.63, 3.8) is 0 Å². The van der Waals surface area contributed by atoms with E-state index in [-0.39, 0.29) is 11.9 Å². The number of likely N-dealkylation sites (N-methyl/N-ethyl adjacent to an activating group) is 1. The van der Waals surface area contributed by atoms with Crippen LogP contribution in [0.15, 0.2) is 24.3 Å². The van der Waals surface area contributed by atoms with Gasteiger partial charge < -0.3 is 15.5 Å². The second-order valence-corrected chi connectivity index (χ2v) is 6.84. The van der Waals surface area contributed by atoms with Gasteiger partial charge in [-0.2, -0.15) is 0 Å². The summed E-state index contributed by atoms with van der Waals surface area (Å²) in [7, 11) is 0. The van der Waals surface area contributed by atoms with Gasteiger partial charge in [0.05, 0.1) is 0 Å². The standard InChI is InChI=1S/C19H28N4O2/c1-2-22-13-5-6-17(22)14-20-19(25)21-16-9-7-15(8-10-16)18(24)23-11-3-4-12-23/h7-10,17H,2-6,11-14H2,1H3,(H2,20,21,25)/t17-/m0/s1. The van der Waals surface area contributed by atoms with Crippen LogP contribution in [0.2, 0.25) is 0 Å². The Kier molecular flexibility index (Phi) is 5.91. The normalized spacial score (nSPS) is 20.7. The van der Waals surface area contributed by atoms with Crippen molar-refractivity contribution < 1.29 is 9.59 Å². The van der Waals surface area contributed by atoms with Gasteiger partial charge in [0.25, 0.3) is 5.91 Å². The first-order chi connectivity index (χ1) is 12.2. The number of anilines is 1. The van der Waals surface area contributed by atoms with Crippen LogP contribution in [0.5, 0.6) is 0 Å². The Hall–Kier alpha value is -2.08. The van der Waals surface area contributed by atoms with Gasteiger partial charge in [-0.3, -0.25) is 9.69 Å². The third-order valence-electron chi connectivity index (χ3n) is 5.19. The third-order valence-corrected chi connectivity index (χ3v) is 5.19. The summed E-state index contributed by atoms with van der Waals surface area (Å²) in [5, 5.41) is 5.79. The number of amides is 3. The van der Waals surface area contributed by atoms with Crippen molar-refractivity contribution in [3.05, 3.63) is 29.8 Å². The lowest BCUT2D eigenvalue weighted by Gasteiger charge is -2.22. The minimum atomic E-state index is -0.193. The van der Waals surface area contributed by atoms with E-state index in [1.807, 2.05) is 4.90 Å². The number of nitrogens with one attached hydrogen (secondary N) is 2. The molecule has 0 spiro atoms. The molecule has 1 atom stereocenters. The minimum absolute atomic E-state index is 0.0781. The van der Waals surface area contributed by atoms with Crippen LogP contribution in [0.1, 0.15) is 43.0 Å². The molecule has 6 heteroatoms. The van der Waals surface area contributed by atoms with E-state index >= 15 is 0 Å². The summed E-state index contributed by atoms with van der Waals surface area (Å²) in [4.78, 5) is 28.7. The van der Waals surface area contributed by atoms with E-state index in [0.717, 1.165) is 45.4 Å². The van der Waals surface area contributed by atoms with E-state index in [9.17, 15) is 9.59 Å². The Bertz CT molecular complexity index is 596. The molecule has 0 aromatic heterocycles. The molecule has 2 aliphatic rings. The first-order valence-electron chi connectivity index (χ1n) is 9.35. The second kappa shape index (κ2) is 8.34. The number of nitrogens with zero attached hydrogens (tertiary/aromatic N) is 2. The van der Waals surface area contributed by atoms with Gasteiger partial charge in [-0.25, -0.2) is 4.79 Å². The number of likely N-dealkylation sites (tertiary alicyclic amines) is 2. The quantitative estimate of drug-likeness (QED) is 0.863.